The zero-order valence-electron chi connectivity index (χ0n) is 10.5. The Hall–Kier alpha value is -1.97. The number of nitrogen functional groups attached to an aromatic ring is 1. The van der Waals surface area contributed by atoms with Gasteiger partial charge >= 0.3 is 6.18 Å². The van der Waals surface area contributed by atoms with E-state index < -0.39 is 11.7 Å². The molecule has 1 nitrogen and oxygen atoms in total. The fraction of sp³-hybridized carbons (Fsp3) is 0.200. The summed E-state index contributed by atoms with van der Waals surface area (Å²) in [5.41, 5.74) is 8.03. The molecule has 0 spiro atoms. The van der Waals surface area contributed by atoms with Gasteiger partial charge in [-0.1, -0.05) is 35.9 Å². The molecule has 4 heteroatoms. The van der Waals surface area contributed by atoms with Crippen LogP contribution in [0.5, 0.6) is 0 Å². The lowest BCUT2D eigenvalue weighted by Gasteiger charge is -2.11. The first-order chi connectivity index (χ1) is 8.86. The van der Waals surface area contributed by atoms with Crippen LogP contribution in [0.15, 0.2) is 42.5 Å². The number of benzene rings is 2. The Morgan fingerprint density at radius 3 is 2.37 bits per heavy atom. The molecule has 0 aliphatic carbocycles. The van der Waals surface area contributed by atoms with Crippen LogP contribution in [0.25, 0.3) is 0 Å². The molecule has 19 heavy (non-hydrogen) atoms. The minimum absolute atomic E-state index is 0.177. The molecule has 2 aromatic carbocycles. The van der Waals surface area contributed by atoms with E-state index in [1.165, 1.54) is 6.07 Å². The first kappa shape index (κ1) is 13.5. The quantitative estimate of drug-likeness (QED) is 0.810. The van der Waals surface area contributed by atoms with Crippen molar-refractivity contribution in [3.8, 4) is 0 Å². The third-order valence-electron chi connectivity index (χ3n) is 2.95. The lowest BCUT2D eigenvalue weighted by atomic mass is 10.0. The Morgan fingerprint density at radius 1 is 1.05 bits per heavy atom. The van der Waals surface area contributed by atoms with E-state index in [0.29, 0.717) is 12.0 Å². The van der Waals surface area contributed by atoms with Gasteiger partial charge in [0.2, 0.25) is 0 Å². The molecule has 0 aromatic heterocycles. The van der Waals surface area contributed by atoms with Crippen molar-refractivity contribution in [1.82, 2.24) is 0 Å². The van der Waals surface area contributed by atoms with E-state index in [9.17, 15) is 13.2 Å². The van der Waals surface area contributed by atoms with Crippen LogP contribution >= 0.6 is 0 Å². The highest BCUT2D eigenvalue weighted by molar-refractivity contribution is 5.51. The largest absolute Gasteiger partial charge is 0.416 e. The molecule has 0 aliphatic rings. The summed E-state index contributed by atoms with van der Waals surface area (Å²) in [6.45, 7) is 1.97. The van der Waals surface area contributed by atoms with Gasteiger partial charge in [0.1, 0.15) is 0 Å². The molecule has 0 heterocycles. The topological polar surface area (TPSA) is 26.0 Å². The molecule has 0 saturated heterocycles. The zero-order chi connectivity index (χ0) is 14.0. The molecule has 0 radical (unpaired) electrons. The van der Waals surface area contributed by atoms with Crippen molar-refractivity contribution >= 4 is 5.69 Å². The maximum atomic E-state index is 12.5. The van der Waals surface area contributed by atoms with E-state index in [-0.39, 0.29) is 5.69 Å². The molecule has 2 aromatic rings. The lowest BCUT2D eigenvalue weighted by Crippen LogP contribution is -2.07. The van der Waals surface area contributed by atoms with Gasteiger partial charge in [-0.3, -0.25) is 0 Å². The molecule has 0 fully saturated rings. The van der Waals surface area contributed by atoms with Crippen LogP contribution < -0.4 is 5.73 Å². The number of nitrogens with two attached hydrogens (primary N) is 1. The fourth-order valence-electron chi connectivity index (χ4n) is 1.97. The first-order valence-electron chi connectivity index (χ1n) is 5.87. The summed E-state index contributed by atoms with van der Waals surface area (Å²) >= 11 is 0. The van der Waals surface area contributed by atoms with Crippen LogP contribution in [0, 0.1) is 6.92 Å². The third-order valence-corrected chi connectivity index (χ3v) is 2.95. The van der Waals surface area contributed by atoms with Gasteiger partial charge < -0.3 is 5.73 Å². The number of rotatable bonds is 2. The molecule has 0 saturated carbocycles. The maximum Gasteiger partial charge on any atom is 0.416 e. The summed E-state index contributed by atoms with van der Waals surface area (Å²) in [4.78, 5) is 0. The summed E-state index contributed by atoms with van der Waals surface area (Å²) < 4.78 is 37.6. The van der Waals surface area contributed by atoms with Gasteiger partial charge in [0.05, 0.1) is 5.56 Å². The molecule has 100 valence electrons. The SMILES string of the molecule is Cc1cccc(Cc2ccc(C(F)(F)F)cc2N)c1. The first-order valence-corrected chi connectivity index (χ1v) is 5.87. The summed E-state index contributed by atoms with van der Waals surface area (Å²) in [7, 11) is 0. The van der Waals surface area contributed by atoms with E-state index in [1.807, 2.05) is 31.2 Å². The van der Waals surface area contributed by atoms with Gasteiger partial charge in [0.15, 0.2) is 0 Å². The minimum Gasteiger partial charge on any atom is -0.398 e. The summed E-state index contributed by atoms with van der Waals surface area (Å²) in [5.74, 6) is 0. The van der Waals surface area contributed by atoms with E-state index in [1.54, 1.807) is 0 Å². The summed E-state index contributed by atoms with van der Waals surface area (Å²) in [6, 6.07) is 11.3. The maximum absolute atomic E-state index is 12.5. The highest BCUT2D eigenvalue weighted by Crippen LogP contribution is 2.31. The van der Waals surface area contributed by atoms with Crippen LogP contribution in [0.3, 0.4) is 0 Å². The monoisotopic (exact) mass is 265 g/mol. The minimum atomic E-state index is -4.35. The molecular weight excluding hydrogens is 251 g/mol. The lowest BCUT2D eigenvalue weighted by molar-refractivity contribution is -0.137. The van der Waals surface area contributed by atoms with Crippen LogP contribution in [0.1, 0.15) is 22.3 Å². The van der Waals surface area contributed by atoms with Gasteiger partial charge in [0.25, 0.3) is 0 Å². The van der Waals surface area contributed by atoms with E-state index in [0.717, 1.165) is 23.3 Å². The number of alkyl halides is 3. The molecule has 2 N–H and O–H groups in total. The molecule has 2 rings (SSSR count). The summed E-state index contributed by atoms with van der Waals surface area (Å²) in [5, 5.41) is 0. The molecule has 0 bridgehead atoms. The van der Waals surface area contributed by atoms with Crippen molar-refractivity contribution in [1.29, 1.82) is 0 Å². The van der Waals surface area contributed by atoms with Gasteiger partial charge in [-0.2, -0.15) is 13.2 Å². The second kappa shape index (κ2) is 4.96. The zero-order valence-corrected chi connectivity index (χ0v) is 10.5. The van der Waals surface area contributed by atoms with Crippen LogP contribution in [-0.4, -0.2) is 0 Å². The van der Waals surface area contributed by atoms with Gasteiger partial charge in [-0.05, 0) is 36.6 Å². The third kappa shape index (κ3) is 3.28. The average Bonchev–Trinajstić information content (AvgIpc) is 2.30. The van der Waals surface area contributed by atoms with Crippen LogP contribution in [0.4, 0.5) is 18.9 Å². The van der Waals surface area contributed by atoms with E-state index >= 15 is 0 Å². The summed E-state index contributed by atoms with van der Waals surface area (Å²) in [6.07, 6.45) is -3.82. The Kier molecular flexibility index (Phi) is 3.51. The van der Waals surface area contributed by atoms with Crippen molar-refractivity contribution in [3.05, 3.63) is 64.7 Å². The smallest absolute Gasteiger partial charge is 0.398 e. The molecule has 0 atom stereocenters. The fourth-order valence-corrected chi connectivity index (χ4v) is 1.97. The van der Waals surface area contributed by atoms with Gasteiger partial charge in [-0.25, -0.2) is 0 Å². The number of hydrogen-bond donors (Lipinski definition) is 1. The highest BCUT2D eigenvalue weighted by atomic mass is 19.4. The van der Waals surface area contributed by atoms with Crippen LogP contribution in [-0.2, 0) is 12.6 Å². The van der Waals surface area contributed by atoms with Crippen molar-refractivity contribution in [2.75, 3.05) is 5.73 Å². The van der Waals surface area contributed by atoms with Crippen molar-refractivity contribution in [2.45, 2.75) is 19.5 Å². The second-order valence-corrected chi connectivity index (χ2v) is 4.58. The highest BCUT2D eigenvalue weighted by Gasteiger charge is 2.30. The Bertz CT molecular complexity index is 588. The number of anilines is 1. The van der Waals surface area contributed by atoms with E-state index in [2.05, 4.69) is 0 Å². The molecular formula is C15H14F3N. The normalized spacial score (nSPS) is 11.6. The Morgan fingerprint density at radius 2 is 1.79 bits per heavy atom. The van der Waals surface area contributed by atoms with Crippen molar-refractivity contribution < 1.29 is 13.2 Å². The standard InChI is InChI=1S/C15H14F3N/c1-10-3-2-4-11(7-10)8-12-5-6-13(9-14(12)19)15(16,17)18/h2-7,9H,8,19H2,1H3. The van der Waals surface area contributed by atoms with Crippen molar-refractivity contribution in [2.24, 2.45) is 0 Å². The Balaban J connectivity index is 2.27. The average molecular weight is 265 g/mol. The van der Waals surface area contributed by atoms with Crippen molar-refractivity contribution in [3.63, 3.8) is 0 Å². The number of aryl methyl sites for hydroxylation is 1. The predicted octanol–water partition coefficient (Wildman–Crippen LogP) is 4.19. The number of hydrogen-bond acceptors (Lipinski definition) is 1. The number of halogens is 3. The van der Waals surface area contributed by atoms with Gasteiger partial charge in [-0.15, -0.1) is 0 Å². The molecule has 0 unspecified atom stereocenters. The van der Waals surface area contributed by atoms with Crippen LogP contribution in [0.2, 0.25) is 0 Å². The van der Waals surface area contributed by atoms with E-state index in [4.69, 9.17) is 5.73 Å². The molecule has 0 aliphatic heterocycles. The second-order valence-electron chi connectivity index (χ2n) is 4.58. The van der Waals surface area contributed by atoms with Gasteiger partial charge in [0, 0.05) is 5.69 Å². The Labute approximate surface area is 109 Å². The predicted molar refractivity (Wildman–Crippen MR) is 69.8 cm³/mol. The molecule has 0 amide bonds.